The summed E-state index contributed by atoms with van der Waals surface area (Å²) in [4.78, 5) is 13.1. The van der Waals surface area contributed by atoms with Crippen LogP contribution in [-0.4, -0.2) is 38.0 Å². The summed E-state index contributed by atoms with van der Waals surface area (Å²) in [5, 5.41) is 17.5. The molecule has 2 aromatic rings. The summed E-state index contributed by atoms with van der Waals surface area (Å²) in [6.45, 7) is 7.16. The number of hydrogen-bond donors (Lipinski definition) is 2. The minimum absolute atomic E-state index is 0.538. The van der Waals surface area contributed by atoms with Crippen molar-refractivity contribution >= 4 is 17.1 Å². The van der Waals surface area contributed by atoms with Crippen LogP contribution >= 0.6 is 0 Å². The molecule has 122 valence electrons. The Bertz CT molecular complexity index is 765. The lowest BCUT2D eigenvalue weighted by molar-refractivity contribution is 0.0610. The number of benzene rings is 1. The maximum absolute atomic E-state index is 11.9. The molecule has 0 fully saturated rings. The first-order valence-corrected chi connectivity index (χ1v) is 7.34. The zero-order valence-corrected chi connectivity index (χ0v) is 13.6. The van der Waals surface area contributed by atoms with Crippen LogP contribution in [0.25, 0.3) is 11.0 Å². The van der Waals surface area contributed by atoms with Gasteiger partial charge in [0.2, 0.25) is 0 Å². The van der Waals surface area contributed by atoms with E-state index in [2.05, 4.69) is 27.6 Å². The minimum Gasteiger partial charge on any atom is -0.443 e. The summed E-state index contributed by atoms with van der Waals surface area (Å²) in [6.07, 6.45) is -0.800. The van der Waals surface area contributed by atoms with Gasteiger partial charge in [-0.05, 0) is 44.5 Å². The highest BCUT2D eigenvalue weighted by atomic mass is 16.6. The highest BCUT2D eigenvalue weighted by Gasteiger charge is 2.18. The molecular weight excluding hydrogens is 296 g/mol. The second kappa shape index (κ2) is 6.67. The molecule has 2 rings (SSSR count). The number of carbonyl (C=O) groups is 1. The quantitative estimate of drug-likeness (QED) is 0.828. The Morgan fingerprint density at radius 1 is 1.48 bits per heavy atom. The molecule has 1 heterocycles. The lowest BCUT2D eigenvalue weighted by Gasteiger charge is -2.19. The Morgan fingerprint density at radius 2 is 2.22 bits per heavy atom. The van der Waals surface area contributed by atoms with Crippen LogP contribution in [-0.2, 0) is 4.74 Å². The molecule has 2 N–H and O–H groups in total. The van der Waals surface area contributed by atoms with Gasteiger partial charge in [-0.2, -0.15) is 0 Å². The van der Waals surface area contributed by atoms with Gasteiger partial charge in [-0.3, -0.25) is 0 Å². The highest BCUT2D eigenvalue weighted by Crippen LogP contribution is 2.15. The van der Waals surface area contributed by atoms with E-state index in [1.54, 1.807) is 39.0 Å². The van der Waals surface area contributed by atoms with Crippen molar-refractivity contribution in [3.63, 3.8) is 0 Å². The third-order valence-corrected chi connectivity index (χ3v) is 2.82. The molecule has 0 saturated carbocycles. The molecule has 0 radical (unpaired) electrons. The minimum atomic E-state index is -0.701. The Morgan fingerprint density at radius 3 is 2.87 bits per heavy atom. The van der Waals surface area contributed by atoms with Gasteiger partial charge in [0.15, 0.2) is 0 Å². The number of nitrogens with zero attached hydrogens (tertiary/aromatic N) is 3. The molecule has 7 nitrogen and oxygen atoms in total. The summed E-state index contributed by atoms with van der Waals surface area (Å²) in [7, 11) is 0. The van der Waals surface area contributed by atoms with Gasteiger partial charge in [0.05, 0.1) is 5.56 Å². The Hall–Kier alpha value is -2.59. The Labute approximate surface area is 134 Å². The molecular formula is C16H20N4O3. The fourth-order valence-electron chi connectivity index (χ4n) is 1.80. The SMILES string of the molecule is CCC(O)C#Cc1cccc2nnn(NC(=O)OC(C)(C)C)c12. The predicted molar refractivity (Wildman–Crippen MR) is 86.3 cm³/mol. The third kappa shape index (κ3) is 4.44. The number of ether oxygens (including phenoxy) is 1. The highest BCUT2D eigenvalue weighted by molar-refractivity contribution is 5.84. The van der Waals surface area contributed by atoms with Gasteiger partial charge < -0.3 is 9.84 Å². The maximum Gasteiger partial charge on any atom is 0.428 e. The van der Waals surface area contributed by atoms with Crippen LogP contribution in [0.1, 0.15) is 39.7 Å². The number of rotatable bonds is 2. The van der Waals surface area contributed by atoms with Crippen molar-refractivity contribution < 1.29 is 14.6 Å². The molecule has 0 aliphatic rings. The van der Waals surface area contributed by atoms with Crippen molar-refractivity contribution in [1.82, 2.24) is 15.1 Å². The molecule has 1 amide bonds. The number of carbonyl (C=O) groups excluding carboxylic acids is 1. The summed E-state index contributed by atoms with van der Waals surface area (Å²) >= 11 is 0. The maximum atomic E-state index is 11.9. The van der Waals surface area contributed by atoms with E-state index in [0.717, 1.165) is 0 Å². The van der Waals surface area contributed by atoms with Crippen molar-refractivity contribution in [2.24, 2.45) is 0 Å². The second-order valence-corrected chi connectivity index (χ2v) is 5.98. The lowest BCUT2D eigenvalue weighted by Crippen LogP contribution is -2.32. The summed E-state index contributed by atoms with van der Waals surface area (Å²) in [5.41, 5.74) is 3.64. The molecule has 1 unspecified atom stereocenters. The number of aliphatic hydroxyl groups is 1. The smallest absolute Gasteiger partial charge is 0.428 e. The van der Waals surface area contributed by atoms with Crippen LogP contribution in [0.3, 0.4) is 0 Å². The molecule has 7 heteroatoms. The zero-order valence-electron chi connectivity index (χ0n) is 13.6. The van der Waals surface area contributed by atoms with Gasteiger partial charge in [-0.1, -0.05) is 24.8 Å². The zero-order chi connectivity index (χ0) is 17.0. The van der Waals surface area contributed by atoms with E-state index in [9.17, 15) is 9.90 Å². The summed E-state index contributed by atoms with van der Waals surface area (Å²) < 4.78 is 5.20. The molecule has 0 aliphatic heterocycles. The van der Waals surface area contributed by atoms with Crippen molar-refractivity contribution in [3.05, 3.63) is 23.8 Å². The molecule has 0 saturated heterocycles. The molecule has 0 aliphatic carbocycles. The fourth-order valence-corrected chi connectivity index (χ4v) is 1.80. The normalized spacial score (nSPS) is 12.4. The largest absolute Gasteiger partial charge is 0.443 e. The van der Waals surface area contributed by atoms with E-state index in [-0.39, 0.29) is 0 Å². The van der Waals surface area contributed by atoms with Crippen molar-refractivity contribution in [2.45, 2.75) is 45.8 Å². The summed E-state index contributed by atoms with van der Waals surface area (Å²) in [5.74, 6) is 5.64. The first kappa shape index (κ1) is 16.8. The third-order valence-electron chi connectivity index (χ3n) is 2.82. The molecule has 0 bridgehead atoms. The number of amides is 1. The Kier molecular flexibility index (Phi) is 4.86. The van der Waals surface area contributed by atoms with Crippen LogP contribution in [0.4, 0.5) is 4.79 Å². The van der Waals surface area contributed by atoms with Gasteiger partial charge in [-0.25, -0.2) is 10.2 Å². The van der Waals surface area contributed by atoms with Crippen molar-refractivity contribution in [2.75, 3.05) is 5.43 Å². The van der Waals surface area contributed by atoms with Gasteiger partial charge >= 0.3 is 6.09 Å². The van der Waals surface area contributed by atoms with E-state index >= 15 is 0 Å². The van der Waals surface area contributed by atoms with E-state index in [0.29, 0.717) is 23.0 Å². The number of nitrogens with one attached hydrogen (secondary N) is 1. The number of hydrogen-bond acceptors (Lipinski definition) is 5. The average Bonchev–Trinajstić information content (AvgIpc) is 2.86. The van der Waals surface area contributed by atoms with E-state index in [1.165, 1.54) is 4.79 Å². The number of aliphatic hydroxyl groups excluding tert-OH is 1. The number of para-hydroxylation sites is 1. The van der Waals surface area contributed by atoms with E-state index in [1.807, 2.05) is 6.92 Å². The van der Waals surface area contributed by atoms with Crippen molar-refractivity contribution in [3.8, 4) is 11.8 Å². The molecule has 23 heavy (non-hydrogen) atoms. The molecule has 1 aromatic carbocycles. The van der Waals surface area contributed by atoms with Crippen LogP contribution in [0.2, 0.25) is 0 Å². The van der Waals surface area contributed by atoms with Crippen molar-refractivity contribution in [1.29, 1.82) is 0 Å². The lowest BCUT2D eigenvalue weighted by atomic mass is 10.1. The molecule has 1 aromatic heterocycles. The molecule has 0 spiro atoms. The van der Waals surface area contributed by atoms with E-state index < -0.39 is 17.8 Å². The van der Waals surface area contributed by atoms with Crippen LogP contribution in [0.15, 0.2) is 18.2 Å². The van der Waals surface area contributed by atoms with Crippen LogP contribution in [0.5, 0.6) is 0 Å². The molecule has 1 atom stereocenters. The second-order valence-electron chi connectivity index (χ2n) is 5.98. The summed E-state index contributed by atoms with van der Waals surface area (Å²) in [6, 6.07) is 5.32. The van der Waals surface area contributed by atoms with Gasteiger partial charge in [0.25, 0.3) is 0 Å². The fraction of sp³-hybridized carbons (Fsp3) is 0.438. The Balaban J connectivity index is 2.34. The van der Waals surface area contributed by atoms with E-state index in [4.69, 9.17) is 4.74 Å². The first-order valence-electron chi connectivity index (χ1n) is 7.34. The average molecular weight is 316 g/mol. The first-order chi connectivity index (χ1) is 10.8. The van der Waals surface area contributed by atoms with Gasteiger partial charge in [-0.15, -0.1) is 9.89 Å². The predicted octanol–water partition coefficient (Wildman–Crippen LogP) is 2.03. The van der Waals surface area contributed by atoms with Crippen LogP contribution in [0, 0.1) is 11.8 Å². The monoisotopic (exact) mass is 316 g/mol. The van der Waals surface area contributed by atoms with Crippen LogP contribution < -0.4 is 5.43 Å². The standard InChI is InChI=1S/C16H20N4O3/c1-5-12(21)10-9-11-7-6-8-13-14(11)20(19-17-13)18-15(22)23-16(2,3)4/h6-8,12,21H,5H2,1-4H3,(H,18,22). The topological polar surface area (TPSA) is 89.3 Å². The number of fused-ring (bicyclic) bond motifs is 1. The number of aromatic nitrogens is 3. The van der Waals surface area contributed by atoms with Gasteiger partial charge in [0, 0.05) is 0 Å². The van der Waals surface area contributed by atoms with Gasteiger partial charge in [0.1, 0.15) is 22.7 Å².